The minimum atomic E-state index is 0.0954. The topological polar surface area (TPSA) is 26.0 Å². The largest absolute Gasteiger partial charge is 0.325 e. The number of hydrogen-bond donors (Lipinski definition) is 1. The molecule has 2 N–H and O–H groups in total. The van der Waals surface area contributed by atoms with E-state index < -0.39 is 0 Å². The van der Waals surface area contributed by atoms with Gasteiger partial charge >= 0.3 is 0 Å². The minimum Gasteiger partial charge on any atom is -0.325 e. The normalized spacial score (nSPS) is 13.9. The van der Waals surface area contributed by atoms with Gasteiger partial charge in [-0.25, -0.2) is 0 Å². The van der Waals surface area contributed by atoms with E-state index in [1.54, 1.807) is 0 Å². The Labute approximate surface area is 110 Å². The number of unbranched alkanes of at least 4 members (excludes halogenated alkanes) is 5. The molecule has 0 bridgehead atoms. The molecule has 0 spiro atoms. The molecule has 104 valence electrons. The Morgan fingerprint density at radius 3 is 1.82 bits per heavy atom. The molecule has 0 aromatic carbocycles. The van der Waals surface area contributed by atoms with Crippen LogP contribution in [0.15, 0.2) is 0 Å². The third-order valence-corrected chi connectivity index (χ3v) is 4.53. The van der Waals surface area contributed by atoms with E-state index in [2.05, 4.69) is 27.7 Å². The van der Waals surface area contributed by atoms with Gasteiger partial charge in [0.1, 0.15) is 0 Å². The van der Waals surface area contributed by atoms with Crippen LogP contribution in [-0.4, -0.2) is 5.54 Å². The third kappa shape index (κ3) is 6.45. The Kier molecular flexibility index (Phi) is 9.91. The fourth-order valence-corrected chi connectivity index (χ4v) is 2.90. The molecule has 0 radical (unpaired) electrons. The van der Waals surface area contributed by atoms with Crippen molar-refractivity contribution in [1.29, 1.82) is 0 Å². The lowest BCUT2D eigenvalue weighted by Gasteiger charge is -2.36. The lowest BCUT2D eigenvalue weighted by Crippen LogP contribution is -2.45. The van der Waals surface area contributed by atoms with Gasteiger partial charge in [-0.15, -0.1) is 0 Å². The molecule has 17 heavy (non-hydrogen) atoms. The van der Waals surface area contributed by atoms with Crippen LogP contribution in [0.25, 0.3) is 0 Å². The highest BCUT2D eigenvalue weighted by molar-refractivity contribution is 4.88. The zero-order valence-electron chi connectivity index (χ0n) is 12.7. The van der Waals surface area contributed by atoms with Crippen LogP contribution in [0.1, 0.15) is 91.9 Å². The van der Waals surface area contributed by atoms with E-state index in [1.807, 2.05) is 0 Å². The van der Waals surface area contributed by atoms with Crippen LogP contribution < -0.4 is 5.73 Å². The lowest BCUT2D eigenvalue weighted by atomic mass is 9.76. The summed E-state index contributed by atoms with van der Waals surface area (Å²) in [6.45, 7) is 9.06. The van der Waals surface area contributed by atoms with Crippen molar-refractivity contribution in [2.75, 3.05) is 0 Å². The summed E-state index contributed by atoms with van der Waals surface area (Å²) in [6.07, 6.45) is 13.2. The van der Waals surface area contributed by atoms with Crippen LogP contribution in [0, 0.1) is 5.92 Å². The minimum absolute atomic E-state index is 0.0954. The molecular formula is C16H35N. The van der Waals surface area contributed by atoms with Crippen molar-refractivity contribution in [3.05, 3.63) is 0 Å². The molecule has 0 fully saturated rings. The first-order chi connectivity index (χ1) is 8.14. The van der Waals surface area contributed by atoms with Gasteiger partial charge in [-0.1, -0.05) is 72.6 Å². The van der Waals surface area contributed by atoms with Crippen LogP contribution >= 0.6 is 0 Å². The zero-order valence-corrected chi connectivity index (χ0v) is 12.7. The maximum atomic E-state index is 6.51. The summed E-state index contributed by atoms with van der Waals surface area (Å²) >= 11 is 0. The van der Waals surface area contributed by atoms with E-state index in [-0.39, 0.29) is 5.54 Å². The summed E-state index contributed by atoms with van der Waals surface area (Å²) in [5, 5.41) is 0. The number of nitrogens with two attached hydrogens (primary N) is 1. The Hall–Kier alpha value is -0.0400. The van der Waals surface area contributed by atoms with E-state index in [9.17, 15) is 0 Å². The first-order valence-electron chi connectivity index (χ1n) is 7.93. The van der Waals surface area contributed by atoms with E-state index in [4.69, 9.17) is 5.73 Å². The average Bonchev–Trinajstić information content (AvgIpc) is 2.37. The van der Waals surface area contributed by atoms with Crippen LogP contribution in [-0.2, 0) is 0 Å². The summed E-state index contributed by atoms with van der Waals surface area (Å²) in [4.78, 5) is 0. The fourth-order valence-electron chi connectivity index (χ4n) is 2.90. The van der Waals surface area contributed by atoms with Gasteiger partial charge in [-0.2, -0.15) is 0 Å². The molecule has 0 rings (SSSR count). The summed E-state index contributed by atoms with van der Waals surface area (Å²) in [5.74, 6) is 0.726. The van der Waals surface area contributed by atoms with Crippen LogP contribution in [0.3, 0.4) is 0 Å². The molecule has 1 nitrogen and oxygen atoms in total. The molecular weight excluding hydrogens is 206 g/mol. The Bertz CT molecular complexity index is 161. The number of rotatable bonds is 11. The SMILES string of the molecule is CCCCCCCCC(CC)C(N)(CC)CC. The van der Waals surface area contributed by atoms with Crippen molar-refractivity contribution in [2.45, 2.75) is 97.4 Å². The van der Waals surface area contributed by atoms with Gasteiger partial charge in [0.15, 0.2) is 0 Å². The van der Waals surface area contributed by atoms with E-state index >= 15 is 0 Å². The average molecular weight is 241 g/mol. The summed E-state index contributed by atoms with van der Waals surface area (Å²) < 4.78 is 0. The molecule has 1 atom stereocenters. The van der Waals surface area contributed by atoms with Gasteiger partial charge in [0.2, 0.25) is 0 Å². The molecule has 0 amide bonds. The van der Waals surface area contributed by atoms with Gasteiger partial charge in [0, 0.05) is 5.54 Å². The fraction of sp³-hybridized carbons (Fsp3) is 1.00. The zero-order chi connectivity index (χ0) is 13.1. The Morgan fingerprint density at radius 1 is 0.824 bits per heavy atom. The van der Waals surface area contributed by atoms with E-state index in [1.165, 1.54) is 51.4 Å². The predicted molar refractivity (Wildman–Crippen MR) is 79.3 cm³/mol. The van der Waals surface area contributed by atoms with Crippen molar-refractivity contribution >= 4 is 0 Å². The Balaban J connectivity index is 3.82. The highest BCUT2D eigenvalue weighted by Gasteiger charge is 2.29. The molecule has 0 aromatic rings. The Morgan fingerprint density at radius 2 is 1.35 bits per heavy atom. The third-order valence-electron chi connectivity index (χ3n) is 4.53. The maximum Gasteiger partial charge on any atom is 0.0177 e. The molecule has 0 aliphatic carbocycles. The van der Waals surface area contributed by atoms with Gasteiger partial charge in [0.05, 0.1) is 0 Å². The molecule has 1 unspecified atom stereocenters. The second kappa shape index (κ2) is 9.94. The van der Waals surface area contributed by atoms with Crippen LogP contribution in [0.4, 0.5) is 0 Å². The van der Waals surface area contributed by atoms with Gasteiger partial charge in [-0.05, 0) is 25.2 Å². The second-order valence-corrected chi connectivity index (χ2v) is 5.60. The maximum absolute atomic E-state index is 6.51. The van der Waals surface area contributed by atoms with E-state index in [0.29, 0.717) is 0 Å². The first kappa shape index (κ1) is 17.0. The highest BCUT2D eigenvalue weighted by Crippen LogP contribution is 2.29. The molecule has 0 aromatic heterocycles. The van der Waals surface area contributed by atoms with Gasteiger partial charge in [-0.3, -0.25) is 0 Å². The lowest BCUT2D eigenvalue weighted by molar-refractivity contribution is 0.225. The van der Waals surface area contributed by atoms with E-state index in [0.717, 1.165) is 18.8 Å². The second-order valence-electron chi connectivity index (χ2n) is 5.60. The summed E-state index contributed by atoms with van der Waals surface area (Å²) in [6, 6.07) is 0. The molecule has 0 saturated heterocycles. The summed E-state index contributed by atoms with van der Waals surface area (Å²) in [7, 11) is 0. The van der Waals surface area contributed by atoms with Crippen LogP contribution in [0.5, 0.6) is 0 Å². The number of hydrogen-bond acceptors (Lipinski definition) is 1. The van der Waals surface area contributed by atoms with Crippen molar-refractivity contribution < 1.29 is 0 Å². The molecule has 0 aliphatic rings. The highest BCUT2D eigenvalue weighted by atomic mass is 14.7. The quantitative estimate of drug-likeness (QED) is 0.489. The molecule has 0 aliphatic heterocycles. The predicted octanol–water partition coefficient (Wildman–Crippen LogP) is 5.28. The smallest absolute Gasteiger partial charge is 0.0177 e. The first-order valence-corrected chi connectivity index (χ1v) is 7.93. The van der Waals surface area contributed by atoms with Crippen molar-refractivity contribution in [1.82, 2.24) is 0 Å². The van der Waals surface area contributed by atoms with Gasteiger partial charge in [0.25, 0.3) is 0 Å². The summed E-state index contributed by atoms with van der Waals surface area (Å²) in [5.41, 5.74) is 6.61. The molecule has 0 heterocycles. The molecule has 1 heteroatoms. The van der Waals surface area contributed by atoms with Gasteiger partial charge < -0.3 is 5.73 Å². The molecule has 0 saturated carbocycles. The van der Waals surface area contributed by atoms with Crippen molar-refractivity contribution in [3.63, 3.8) is 0 Å². The standard InChI is InChI=1S/C16H35N/c1-5-9-10-11-12-13-14-15(6-2)16(17,7-3)8-4/h15H,5-14,17H2,1-4H3. The van der Waals surface area contributed by atoms with Crippen molar-refractivity contribution in [2.24, 2.45) is 11.7 Å². The monoisotopic (exact) mass is 241 g/mol. The van der Waals surface area contributed by atoms with Crippen molar-refractivity contribution in [3.8, 4) is 0 Å². The van der Waals surface area contributed by atoms with Crippen LogP contribution in [0.2, 0.25) is 0 Å².